The Bertz CT molecular complexity index is 815. The number of anilines is 2. The van der Waals surface area contributed by atoms with Gasteiger partial charge in [0.05, 0.1) is 29.5 Å². The molecule has 3 rings (SSSR count). The maximum absolute atomic E-state index is 12.5. The molecule has 2 aromatic carbocycles. The Balaban J connectivity index is 0.00000280. The van der Waals surface area contributed by atoms with Crippen molar-refractivity contribution in [2.75, 3.05) is 18.2 Å². The second-order valence-corrected chi connectivity index (χ2v) is 6.97. The van der Waals surface area contributed by atoms with Crippen LogP contribution in [0.2, 0.25) is 5.02 Å². The van der Waals surface area contributed by atoms with Gasteiger partial charge in [0.15, 0.2) is 0 Å². The molecular formula is C20H24Cl2N2O4. The Morgan fingerprint density at radius 1 is 1.21 bits per heavy atom. The summed E-state index contributed by atoms with van der Waals surface area (Å²) in [4.78, 5) is 12.5. The van der Waals surface area contributed by atoms with Gasteiger partial charge in [-0.2, -0.15) is 0 Å². The number of benzene rings is 2. The van der Waals surface area contributed by atoms with E-state index in [1.807, 2.05) is 0 Å². The highest BCUT2D eigenvalue weighted by molar-refractivity contribution is 6.33. The molecule has 0 aliphatic heterocycles. The van der Waals surface area contributed by atoms with E-state index in [9.17, 15) is 9.90 Å². The average Bonchev–Trinajstić information content (AvgIpc) is 2.67. The maximum atomic E-state index is 12.5. The number of carbonyl (C=O) groups excluding carboxylic acids is 1. The number of aliphatic hydroxyl groups excluding tert-OH is 1. The molecule has 0 bridgehead atoms. The van der Waals surface area contributed by atoms with Crippen molar-refractivity contribution < 1.29 is 19.4 Å². The van der Waals surface area contributed by atoms with Gasteiger partial charge in [0.1, 0.15) is 17.6 Å². The zero-order valence-corrected chi connectivity index (χ0v) is 17.1. The molecule has 0 heterocycles. The standard InChI is InChI=1S/C20H23ClN2O4.ClH/c1-26-19-11-16(22)15(21)10-14(19)20(25)23-12-6-8-13(9-7-12)27-18-5-3-2-4-17(18)24;/h6-11,17-18,24H,2-5,22H2,1H3,(H,23,25);1H. The highest BCUT2D eigenvalue weighted by Crippen LogP contribution is 2.30. The van der Waals surface area contributed by atoms with Gasteiger partial charge in [0.25, 0.3) is 5.91 Å². The van der Waals surface area contributed by atoms with Crippen molar-refractivity contribution in [1.29, 1.82) is 0 Å². The van der Waals surface area contributed by atoms with Gasteiger partial charge in [0.2, 0.25) is 0 Å². The predicted octanol–water partition coefficient (Wildman–Crippen LogP) is 4.29. The van der Waals surface area contributed by atoms with E-state index in [2.05, 4.69) is 5.32 Å². The molecule has 4 N–H and O–H groups in total. The van der Waals surface area contributed by atoms with Crippen LogP contribution in [0.1, 0.15) is 36.0 Å². The summed E-state index contributed by atoms with van der Waals surface area (Å²) >= 11 is 6.02. The van der Waals surface area contributed by atoms with E-state index < -0.39 is 6.10 Å². The largest absolute Gasteiger partial charge is 0.496 e. The molecule has 1 saturated carbocycles. The average molecular weight is 427 g/mol. The van der Waals surface area contributed by atoms with Crippen molar-refractivity contribution in [1.82, 2.24) is 0 Å². The number of halogens is 2. The highest BCUT2D eigenvalue weighted by atomic mass is 35.5. The Kier molecular flexibility index (Phi) is 7.80. The van der Waals surface area contributed by atoms with Gasteiger partial charge in [-0.3, -0.25) is 4.79 Å². The first-order chi connectivity index (χ1) is 13.0. The number of hydrogen-bond donors (Lipinski definition) is 3. The molecule has 0 saturated heterocycles. The van der Waals surface area contributed by atoms with E-state index in [-0.39, 0.29) is 29.4 Å². The maximum Gasteiger partial charge on any atom is 0.259 e. The van der Waals surface area contributed by atoms with Gasteiger partial charge in [-0.25, -0.2) is 0 Å². The lowest BCUT2D eigenvalue weighted by Crippen LogP contribution is -2.34. The van der Waals surface area contributed by atoms with Gasteiger partial charge < -0.3 is 25.6 Å². The molecule has 8 heteroatoms. The van der Waals surface area contributed by atoms with Crippen LogP contribution in [0.15, 0.2) is 36.4 Å². The normalized spacial score (nSPS) is 18.7. The second-order valence-electron chi connectivity index (χ2n) is 6.56. The van der Waals surface area contributed by atoms with E-state index in [4.69, 9.17) is 26.8 Å². The van der Waals surface area contributed by atoms with Crippen LogP contribution in [0.3, 0.4) is 0 Å². The summed E-state index contributed by atoms with van der Waals surface area (Å²) in [6, 6.07) is 10.0. The first-order valence-corrected chi connectivity index (χ1v) is 9.25. The molecule has 6 nitrogen and oxygen atoms in total. The van der Waals surface area contributed by atoms with Crippen LogP contribution in [0.25, 0.3) is 0 Å². The number of amides is 1. The number of methoxy groups -OCH3 is 1. The lowest BCUT2D eigenvalue weighted by atomic mass is 9.95. The van der Waals surface area contributed by atoms with Crippen LogP contribution < -0.4 is 20.5 Å². The monoisotopic (exact) mass is 426 g/mol. The summed E-state index contributed by atoms with van der Waals surface area (Å²) in [5.41, 5.74) is 6.99. The second kappa shape index (κ2) is 9.87. The van der Waals surface area contributed by atoms with Gasteiger partial charge in [0, 0.05) is 11.8 Å². The van der Waals surface area contributed by atoms with Gasteiger partial charge in [-0.15, -0.1) is 12.4 Å². The van der Waals surface area contributed by atoms with E-state index in [0.717, 1.165) is 25.7 Å². The fraction of sp³-hybridized carbons (Fsp3) is 0.350. The number of rotatable bonds is 5. The first-order valence-electron chi connectivity index (χ1n) is 8.87. The Morgan fingerprint density at radius 2 is 1.89 bits per heavy atom. The fourth-order valence-electron chi connectivity index (χ4n) is 3.12. The van der Waals surface area contributed by atoms with E-state index in [1.165, 1.54) is 19.2 Å². The van der Waals surface area contributed by atoms with Crippen LogP contribution in [-0.2, 0) is 0 Å². The number of nitrogens with one attached hydrogen (secondary N) is 1. The smallest absolute Gasteiger partial charge is 0.259 e. The molecule has 1 amide bonds. The molecule has 28 heavy (non-hydrogen) atoms. The summed E-state index contributed by atoms with van der Waals surface area (Å²) in [6.45, 7) is 0. The first kappa shape index (κ1) is 22.1. The van der Waals surface area contributed by atoms with Crippen LogP contribution in [0.5, 0.6) is 11.5 Å². The van der Waals surface area contributed by atoms with Crippen molar-refractivity contribution in [3.8, 4) is 11.5 Å². The van der Waals surface area contributed by atoms with E-state index >= 15 is 0 Å². The minimum absolute atomic E-state index is 0. The predicted molar refractivity (Wildman–Crippen MR) is 113 cm³/mol. The van der Waals surface area contributed by atoms with E-state index in [1.54, 1.807) is 24.3 Å². The SMILES string of the molecule is COc1cc(N)c(Cl)cc1C(=O)Nc1ccc(OC2CCCCC2O)cc1.Cl. The Labute approximate surface area is 175 Å². The van der Waals surface area contributed by atoms with Crippen LogP contribution >= 0.6 is 24.0 Å². The van der Waals surface area contributed by atoms with Gasteiger partial charge in [-0.1, -0.05) is 18.0 Å². The van der Waals surface area contributed by atoms with Crippen LogP contribution in [0.4, 0.5) is 11.4 Å². The van der Waals surface area contributed by atoms with Crippen LogP contribution in [0, 0.1) is 0 Å². The summed E-state index contributed by atoms with van der Waals surface area (Å²) in [5, 5.41) is 13.1. The van der Waals surface area contributed by atoms with Gasteiger partial charge >= 0.3 is 0 Å². The van der Waals surface area contributed by atoms with Crippen molar-refractivity contribution in [3.05, 3.63) is 47.0 Å². The number of hydrogen-bond acceptors (Lipinski definition) is 5. The molecule has 0 aromatic heterocycles. The molecule has 1 aliphatic carbocycles. The highest BCUT2D eigenvalue weighted by Gasteiger charge is 2.24. The topological polar surface area (TPSA) is 93.8 Å². The van der Waals surface area contributed by atoms with Crippen molar-refractivity contribution in [2.24, 2.45) is 0 Å². The third-order valence-electron chi connectivity index (χ3n) is 4.63. The lowest BCUT2D eigenvalue weighted by Gasteiger charge is -2.28. The Morgan fingerprint density at radius 3 is 2.54 bits per heavy atom. The summed E-state index contributed by atoms with van der Waals surface area (Å²) < 4.78 is 11.1. The van der Waals surface area contributed by atoms with Crippen molar-refractivity contribution in [3.63, 3.8) is 0 Å². The Hall–Kier alpha value is -2.15. The molecule has 2 atom stereocenters. The quantitative estimate of drug-likeness (QED) is 0.619. The fourth-order valence-corrected chi connectivity index (χ4v) is 3.28. The summed E-state index contributed by atoms with van der Waals surface area (Å²) in [6.07, 6.45) is 3.09. The van der Waals surface area contributed by atoms with Crippen molar-refractivity contribution in [2.45, 2.75) is 37.9 Å². The van der Waals surface area contributed by atoms with Crippen molar-refractivity contribution >= 4 is 41.3 Å². The summed E-state index contributed by atoms with van der Waals surface area (Å²) in [7, 11) is 1.46. The third kappa shape index (κ3) is 5.22. The number of carbonyl (C=O) groups is 1. The molecule has 1 aliphatic rings. The van der Waals surface area contributed by atoms with Crippen LogP contribution in [-0.4, -0.2) is 30.3 Å². The van der Waals surface area contributed by atoms with E-state index in [0.29, 0.717) is 28.4 Å². The number of nitrogens with two attached hydrogens (primary N) is 1. The molecular weight excluding hydrogens is 403 g/mol. The molecule has 2 aromatic rings. The third-order valence-corrected chi connectivity index (χ3v) is 4.96. The molecule has 1 fully saturated rings. The molecule has 2 unspecified atom stereocenters. The minimum Gasteiger partial charge on any atom is -0.496 e. The zero-order chi connectivity index (χ0) is 19.4. The number of ether oxygens (including phenoxy) is 2. The molecule has 152 valence electrons. The summed E-state index contributed by atoms with van der Waals surface area (Å²) in [5.74, 6) is 0.651. The zero-order valence-electron chi connectivity index (χ0n) is 15.5. The molecule has 0 spiro atoms. The molecule has 0 radical (unpaired) electrons. The lowest BCUT2D eigenvalue weighted by molar-refractivity contribution is 0.00688. The van der Waals surface area contributed by atoms with Gasteiger partial charge in [-0.05, 0) is 49.6 Å². The number of nitrogen functional groups attached to an aromatic ring is 1. The number of aliphatic hydroxyl groups is 1. The minimum atomic E-state index is -0.430.